The van der Waals surface area contributed by atoms with E-state index in [-0.39, 0.29) is 0 Å². The highest BCUT2D eigenvalue weighted by Crippen LogP contribution is 1.88. The van der Waals surface area contributed by atoms with Gasteiger partial charge in [-0.25, -0.2) is 0 Å². The van der Waals surface area contributed by atoms with Crippen LogP contribution < -0.4 is 0 Å². The van der Waals surface area contributed by atoms with Gasteiger partial charge in [-0.3, -0.25) is 4.39 Å². The lowest BCUT2D eigenvalue weighted by Crippen LogP contribution is -1.93. The van der Waals surface area contributed by atoms with Crippen LogP contribution in [0.5, 0.6) is 0 Å². The second-order valence-corrected chi connectivity index (χ2v) is 2.56. The molecule has 0 aromatic carbocycles. The van der Waals surface area contributed by atoms with Gasteiger partial charge >= 0.3 is 0 Å². The van der Waals surface area contributed by atoms with Crippen molar-refractivity contribution in [2.24, 2.45) is 0 Å². The lowest BCUT2D eigenvalue weighted by Gasteiger charge is -1.88. The first-order chi connectivity index (χ1) is 2.77. The molecule has 0 fully saturated rings. The summed E-state index contributed by atoms with van der Waals surface area (Å²) in [5.74, 6) is -0.581. The minimum absolute atomic E-state index is 0.534. The fourth-order valence-electron chi connectivity index (χ4n) is 0.230. The van der Waals surface area contributed by atoms with Gasteiger partial charge in [0.1, 0.15) is 0 Å². The first-order valence-corrected chi connectivity index (χ1v) is 3.18. The van der Waals surface area contributed by atoms with Crippen LogP contribution in [0.25, 0.3) is 0 Å². The van der Waals surface area contributed by atoms with Crippen LogP contribution in [0.3, 0.4) is 0 Å². The zero-order valence-corrected chi connectivity index (χ0v) is 5.95. The van der Waals surface area contributed by atoms with E-state index in [2.05, 4.69) is 6.58 Å². The topological polar surface area (TPSA) is 0 Å². The van der Waals surface area contributed by atoms with Crippen molar-refractivity contribution in [2.45, 2.75) is 12.2 Å². The third-order valence-corrected chi connectivity index (χ3v) is 0.963. The summed E-state index contributed by atoms with van der Waals surface area (Å²) < 4.78 is 11.7. The first-order valence-electron chi connectivity index (χ1n) is 2.02. The summed E-state index contributed by atoms with van der Waals surface area (Å²) in [7, 11) is 0.641. The maximum Gasteiger partial charge on any atom is 0.0830 e. The van der Waals surface area contributed by atoms with Crippen molar-refractivity contribution in [1.29, 1.82) is 0 Å². The molecule has 1 unspecified atom stereocenters. The van der Waals surface area contributed by atoms with Gasteiger partial charge in [-0.15, -0.1) is 6.58 Å². The van der Waals surface area contributed by atoms with Crippen LogP contribution >= 0.6 is 0 Å². The normalized spacial score (nSPS) is 14.2. The number of halogens is 1. The molecule has 0 N–H and O–H groups in total. The van der Waals surface area contributed by atoms with E-state index >= 15 is 0 Å². The number of rotatable bonds is 2. The van der Waals surface area contributed by atoms with E-state index in [4.69, 9.17) is 0 Å². The molecule has 0 heterocycles. The molecule has 0 aromatic heterocycles. The molecule has 6 heavy (non-hydrogen) atoms. The Morgan fingerprint density at radius 2 is 2.50 bits per heavy atom. The highest BCUT2D eigenvalue weighted by molar-refractivity contribution is 6.10. The predicted octanol–water partition coefficient (Wildman–Crippen LogP) is 0.223. The molecule has 0 aliphatic carbocycles. The number of alkyl halides is 1. The van der Waals surface area contributed by atoms with Gasteiger partial charge in [0.15, 0.2) is 0 Å². The Balaban J connectivity index is 2.81. The molecular formula is C4H9FSi. The Morgan fingerprint density at radius 3 is 2.50 bits per heavy atom. The van der Waals surface area contributed by atoms with Gasteiger partial charge in [0, 0.05) is 10.2 Å². The number of hydrogen-bond acceptors (Lipinski definition) is 0. The molecular weight excluding hydrogens is 95.1 g/mol. The molecule has 0 nitrogen and oxygen atoms in total. The largest absolute Gasteiger partial charge is 0.252 e. The van der Waals surface area contributed by atoms with Crippen LogP contribution in [0.1, 0.15) is 6.42 Å². The predicted molar refractivity (Wildman–Crippen MR) is 29.6 cm³/mol. The molecule has 0 rings (SSSR count). The fourth-order valence-corrected chi connectivity index (χ4v) is 0.563. The molecule has 1 atom stereocenters. The monoisotopic (exact) mass is 104 g/mol. The number of allylic oxidation sites excluding steroid dienone is 1. The third-order valence-electron chi connectivity index (χ3n) is 0.491. The van der Waals surface area contributed by atoms with Crippen molar-refractivity contribution in [1.82, 2.24) is 0 Å². The molecule has 36 valence electrons. The average Bonchev–Trinajstić information content (AvgIpc) is 1.35. The Labute approximate surface area is 40.5 Å². The maximum absolute atomic E-state index is 11.7. The van der Waals surface area contributed by atoms with Crippen LogP contribution in [0.2, 0.25) is 0 Å². The van der Waals surface area contributed by atoms with Crippen LogP contribution in [-0.4, -0.2) is 16.0 Å². The molecule has 2 heteroatoms. The van der Waals surface area contributed by atoms with E-state index in [1.807, 2.05) is 0 Å². The highest BCUT2D eigenvalue weighted by Gasteiger charge is 1.87. The quantitative estimate of drug-likeness (QED) is 0.347. The standard InChI is InChI=1S/C4H9FSi/c1-2-3-4(5)6/h2,4H,1,3H2,6H3. The summed E-state index contributed by atoms with van der Waals surface area (Å²) in [5, 5.41) is 0. The molecule has 0 radical (unpaired) electrons. The van der Waals surface area contributed by atoms with Gasteiger partial charge in [0.2, 0.25) is 0 Å². The van der Waals surface area contributed by atoms with Gasteiger partial charge in [-0.1, -0.05) is 6.08 Å². The van der Waals surface area contributed by atoms with Gasteiger partial charge < -0.3 is 0 Å². The Hall–Kier alpha value is -0.113. The van der Waals surface area contributed by atoms with E-state index in [9.17, 15) is 4.39 Å². The maximum atomic E-state index is 11.7. The Kier molecular flexibility index (Phi) is 3.03. The average molecular weight is 104 g/mol. The van der Waals surface area contributed by atoms with E-state index in [0.717, 1.165) is 0 Å². The van der Waals surface area contributed by atoms with Crippen molar-refractivity contribution in [3.8, 4) is 0 Å². The van der Waals surface area contributed by atoms with Gasteiger partial charge in [0.05, 0.1) is 5.79 Å². The van der Waals surface area contributed by atoms with Crippen molar-refractivity contribution in [2.75, 3.05) is 0 Å². The lowest BCUT2D eigenvalue weighted by atomic mass is 10.5. The van der Waals surface area contributed by atoms with Crippen molar-refractivity contribution < 1.29 is 4.39 Å². The van der Waals surface area contributed by atoms with Gasteiger partial charge in [0.25, 0.3) is 0 Å². The molecule has 0 bridgehead atoms. The van der Waals surface area contributed by atoms with E-state index in [1.54, 1.807) is 6.08 Å². The van der Waals surface area contributed by atoms with Crippen LogP contribution in [0.15, 0.2) is 12.7 Å². The summed E-state index contributed by atoms with van der Waals surface area (Å²) in [6.45, 7) is 3.38. The first kappa shape index (κ1) is 5.89. The summed E-state index contributed by atoms with van der Waals surface area (Å²) in [4.78, 5) is 0. The van der Waals surface area contributed by atoms with Gasteiger partial charge in [-0.05, 0) is 6.42 Å². The Bertz CT molecular complexity index is 42.8. The summed E-state index contributed by atoms with van der Waals surface area (Å²) >= 11 is 0. The van der Waals surface area contributed by atoms with E-state index < -0.39 is 5.79 Å². The van der Waals surface area contributed by atoms with Crippen LogP contribution in [-0.2, 0) is 0 Å². The summed E-state index contributed by atoms with van der Waals surface area (Å²) in [6, 6.07) is 0. The lowest BCUT2D eigenvalue weighted by molar-refractivity contribution is 0.447. The summed E-state index contributed by atoms with van der Waals surface area (Å²) in [6.07, 6.45) is 2.14. The summed E-state index contributed by atoms with van der Waals surface area (Å²) in [5.41, 5.74) is 0. The van der Waals surface area contributed by atoms with Crippen LogP contribution in [0.4, 0.5) is 4.39 Å². The highest BCUT2D eigenvalue weighted by atomic mass is 28.1. The smallest absolute Gasteiger partial charge is 0.0830 e. The SMILES string of the molecule is C=CCC(F)[SiH3]. The third kappa shape index (κ3) is 3.89. The second kappa shape index (κ2) is 3.09. The molecule has 0 aliphatic heterocycles. The van der Waals surface area contributed by atoms with E-state index in [1.165, 1.54) is 0 Å². The van der Waals surface area contributed by atoms with E-state index in [0.29, 0.717) is 16.7 Å². The second-order valence-electron chi connectivity index (χ2n) is 1.31. The van der Waals surface area contributed by atoms with Crippen molar-refractivity contribution >= 4 is 10.2 Å². The zero-order valence-electron chi connectivity index (χ0n) is 3.95. The molecule has 0 saturated heterocycles. The minimum Gasteiger partial charge on any atom is -0.252 e. The fraction of sp³-hybridized carbons (Fsp3) is 0.500. The van der Waals surface area contributed by atoms with Crippen LogP contribution in [0, 0.1) is 0 Å². The Morgan fingerprint density at radius 1 is 2.00 bits per heavy atom. The number of hydrogen-bond donors (Lipinski definition) is 0. The molecule has 0 saturated carbocycles. The van der Waals surface area contributed by atoms with Gasteiger partial charge in [-0.2, -0.15) is 0 Å². The van der Waals surface area contributed by atoms with Crippen molar-refractivity contribution in [3.63, 3.8) is 0 Å². The molecule has 0 aromatic rings. The zero-order chi connectivity index (χ0) is 4.99. The molecule has 0 aliphatic rings. The minimum atomic E-state index is -0.581. The van der Waals surface area contributed by atoms with Crippen molar-refractivity contribution in [3.05, 3.63) is 12.7 Å². The molecule has 0 amide bonds. The molecule has 0 spiro atoms.